The molecule has 1 amide bonds. The number of rotatable bonds is 2. The van der Waals surface area contributed by atoms with E-state index in [4.69, 9.17) is 22.1 Å². The first-order valence-electron chi connectivity index (χ1n) is 7.42. The van der Waals surface area contributed by atoms with Crippen LogP contribution in [-0.4, -0.2) is 36.6 Å². The molecule has 1 aromatic rings. The maximum Gasteiger partial charge on any atom is 0.233 e. The standard InChI is InChI=1S/C16H21ClN2O2/c1-16(10-21-9-14(16)18)15(20)19-7-3-6-13(19)11-4-2-5-12(17)8-11/h2,4-5,8,13-14H,3,6-7,9-10,18H2,1H3. The number of nitrogens with two attached hydrogens (primary N) is 1. The van der Waals surface area contributed by atoms with Crippen molar-refractivity contribution in [1.29, 1.82) is 0 Å². The second-order valence-electron chi connectivity index (χ2n) is 6.25. The SMILES string of the molecule is CC1(C(=O)N2CCCC2c2cccc(Cl)c2)COCC1N. The zero-order chi connectivity index (χ0) is 15.0. The molecule has 1 aromatic carbocycles. The van der Waals surface area contributed by atoms with E-state index in [1.54, 1.807) is 0 Å². The molecule has 0 saturated carbocycles. The van der Waals surface area contributed by atoms with Crippen LogP contribution in [0.2, 0.25) is 5.02 Å². The van der Waals surface area contributed by atoms with Gasteiger partial charge in [0.2, 0.25) is 5.91 Å². The summed E-state index contributed by atoms with van der Waals surface area (Å²) in [6.45, 7) is 3.56. The van der Waals surface area contributed by atoms with Crippen LogP contribution in [0.5, 0.6) is 0 Å². The highest BCUT2D eigenvalue weighted by atomic mass is 35.5. The van der Waals surface area contributed by atoms with E-state index < -0.39 is 5.41 Å². The van der Waals surface area contributed by atoms with Gasteiger partial charge in [0.1, 0.15) is 0 Å². The Morgan fingerprint density at radius 3 is 3.00 bits per heavy atom. The number of hydrogen-bond donors (Lipinski definition) is 1. The molecular weight excluding hydrogens is 288 g/mol. The van der Waals surface area contributed by atoms with E-state index >= 15 is 0 Å². The van der Waals surface area contributed by atoms with Gasteiger partial charge in [0.05, 0.1) is 24.7 Å². The molecule has 3 atom stereocenters. The van der Waals surface area contributed by atoms with Crippen LogP contribution in [0.1, 0.15) is 31.4 Å². The van der Waals surface area contributed by atoms with Gasteiger partial charge >= 0.3 is 0 Å². The maximum atomic E-state index is 13.0. The predicted octanol–water partition coefficient (Wildman–Crippen LogP) is 2.37. The van der Waals surface area contributed by atoms with Crippen LogP contribution in [0.25, 0.3) is 0 Å². The third-order valence-electron chi connectivity index (χ3n) is 4.75. The van der Waals surface area contributed by atoms with Gasteiger partial charge in [-0.2, -0.15) is 0 Å². The molecule has 0 aliphatic carbocycles. The second-order valence-corrected chi connectivity index (χ2v) is 6.69. The summed E-state index contributed by atoms with van der Waals surface area (Å²) in [5, 5.41) is 0.707. The highest BCUT2D eigenvalue weighted by molar-refractivity contribution is 6.30. The van der Waals surface area contributed by atoms with Crippen molar-refractivity contribution in [2.24, 2.45) is 11.1 Å². The van der Waals surface area contributed by atoms with Crippen molar-refractivity contribution in [1.82, 2.24) is 4.90 Å². The molecule has 2 heterocycles. The molecule has 0 radical (unpaired) electrons. The summed E-state index contributed by atoms with van der Waals surface area (Å²) in [5.74, 6) is 0.106. The number of amides is 1. The minimum Gasteiger partial charge on any atom is -0.379 e. The van der Waals surface area contributed by atoms with Gasteiger partial charge in [0.25, 0.3) is 0 Å². The maximum absolute atomic E-state index is 13.0. The number of ether oxygens (including phenoxy) is 1. The molecule has 2 N–H and O–H groups in total. The fourth-order valence-corrected chi connectivity index (χ4v) is 3.51. The normalized spacial score (nSPS) is 32.6. The highest BCUT2D eigenvalue weighted by Gasteiger charge is 2.48. The second kappa shape index (κ2) is 5.59. The molecular formula is C16H21ClN2O2. The number of carbonyl (C=O) groups excluding carboxylic acids is 1. The zero-order valence-corrected chi connectivity index (χ0v) is 13.0. The van der Waals surface area contributed by atoms with Crippen LogP contribution in [0, 0.1) is 5.41 Å². The van der Waals surface area contributed by atoms with Gasteiger partial charge in [-0.05, 0) is 37.5 Å². The Morgan fingerprint density at radius 2 is 2.33 bits per heavy atom. The van der Waals surface area contributed by atoms with Crippen LogP contribution < -0.4 is 5.73 Å². The van der Waals surface area contributed by atoms with Crippen molar-refractivity contribution in [2.75, 3.05) is 19.8 Å². The number of benzene rings is 1. The van der Waals surface area contributed by atoms with Gasteiger partial charge in [0.15, 0.2) is 0 Å². The average molecular weight is 309 g/mol. The largest absolute Gasteiger partial charge is 0.379 e. The lowest BCUT2D eigenvalue weighted by Crippen LogP contribution is -2.51. The van der Waals surface area contributed by atoms with Crippen LogP contribution in [0.3, 0.4) is 0 Å². The van der Waals surface area contributed by atoms with Crippen LogP contribution in [0.15, 0.2) is 24.3 Å². The average Bonchev–Trinajstić information content (AvgIpc) is 3.07. The molecule has 0 spiro atoms. The van der Waals surface area contributed by atoms with Crippen molar-refractivity contribution < 1.29 is 9.53 Å². The van der Waals surface area contributed by atoms with Gasteiger partial charge in [-0.1, -0.05) is 23.7 Å². The molecule has 3 rings (SSSR count). The Morgan fingerprint density at radius 1 is 1.52 bits per heavy atom. The number of carbonyl (C=O) groups is 1. The summed E-state index contributed by atoms with van der Waals surface area (Å²) in [7, 11) is 0. The van der Waals surface area contributed by atoms with E-state index in [9.17, 15) is 4.79 Å². The van der Waals surface area contributed by atoms with Gasteiger partial charge in [-0.15, -0.1) is 0 Å². The van der Waals surface area contributed by atoms with Crippen molar-refractivity contribution in [2.45, 2.75) is 31.8 Å². The fourth-order valence-electron chi connectivity index (χ4n) is 3.31. The summed E-state index contributed by atoms with van der Waals surface area (Å²) >= 11 is 6.08. The smallest absolute Gasteiger partial charge is 0.233 e. The van der Waals surface area contributed by atoms with Gasteiger partial charge in [-0.3, -0.25) is 4.79 Å². The summed E-state index contributed by atoms with van der Waals surface area (Å²) < 4.78 is 5.42. The Kier molecular flexibility index (Phi) is 3.95. The third kappa shape index (κ3) is 2.56. The summed E-state index contributed by atoms with van der Waals surface area (Å²) in [4.78, 5) is 14.9. The van der Waals surface area contributed by atoms with Gasteiger partial charge < -0.3 is 15.4 Å². The Balaban J connectivity index is 1.86. The van der Waals surface area contributed by atoms with Gasteiger partial charge in [-0.25, -0.2) is 0 Å². The predicted molar refractivity (Wildman–Crippen MR) is 82.0 cm³/mol. The van der Waals surface area contributed by atoms with E-state index in [0.29, 0.717) is 18.2 Å². The van der Waals surface area contributed by atoms with E-state index in [2.05, 4.69) is 0 Å². The van der Waals surface area contributed by atoms with Crippen LogP contribution in [0.4, 0.5) is 0 Å². The third-order valence-corrected chi connectivity index (χ3v) is 4.99. The molecule has 4 nitrogen and oxygen atoms in total. The Bertz CT molecular complexity index is 551. The van der Waals surface area contributed by atoms with E-state index in [-0.39, 0.29) is 18.0 Å². The van der Waals surface area contributed by atoms with E-state index in [1.165, 1.54) is 0 Å². The summed E-state index contributed by atoms with van der Waals surface area (Å²) in [6, 6.07) is 7.64. The monoisotopic (exact) mass is 308 g/mol. The van der Waals surface area contributed by atoms with Crippen molar-refractivity contribution in [3.8, 4) is 0 Å². The molecule has 2 saturated heterocycles. The molecule has 114 valence electrons. The zero-order valence-electron chi connectivity index (χ0n) is 12.2. The molecule has 2 aliphatic rings. The molecule has 5 heteroatoms. The molecule has 0 bridgehead atoms. The molecule has 0 aromatic heterocycles. The van der Waals surface area contributed by atoms with Crippen molar-refractivity contribution >= 4 is 17.5 Å². The first-order chi connectivity index (χ1) is 10.0. The van der Waals surface area contributed by atoms with Crippen molar-refractivity contribution in [3.05, 3.63) is 34.9 Å². The highest BCUT2D eigenvalue weighted by Crippen LogP contribution is 2.38. The van der Waals surface area contributed by atoms with E-state index in [1.807, 2.05) is 36.1 Å². The van der Waals surface area contributed by atoms with Crippen LogP contribution >= 0.6 is 11.6 Å². The summed E-state index contributed by atoms with van der Waals surface area (Å²) in [5.41, 5.74) is 6.59. The van der Waals surface area contributed by atoms with Gasteiger partial charge in [0, 0.05) is 17.6 Å². The van der Waals surface area contributed by atoms with Crippen LogP contribution in [-0.2, 0) is 9.53 Å². The minimum absolute atomic E-state index is 0.0980. The topological polar surface area (TPSA) is 55.6 Å². The minimum atomic E-state index is -0.610. The Hall–Kier alpha value is -1.10. The number of halogens is 1. The number of nitrogens with zero attached hydrogens (tertiary/aromatic N) is 1. The Labute approximate surface area is 130 Å². The quantitative estimate of drug-likeness (QED) is 0.912. The summed E-state index contributed by atoms with van der Waals surface area (Å²) in [6.07, 6.45) is 1.98. The molecule has 2 aliphatic heterocycles. The first-order valence-corrected chi connectivity index (χ1v) is 7.80. The number of hydrogen-bond acceptors (Lipinski definition) is 3. The first kappa shape index (κ1) is 14.8. The lowest BCUT2D eigenvalue weighted by Gasteiger charge is -2.34. The fraction of sp³-hybridized carbons (Fsp3) is 0.562. The van der Waals surface area contributed by atoms with E-state index in [0.717, 1.165) is 24.9 Å². The molecule has 2 fully saturated rings. The molecule has 21 heavy (non-hydrogen) atoms. The number of likely N-dealkylation sites (tertiary alicyclic amines) is 1. The lowest BCUT2D eigenvalue weighted by molar-refractivity contribution is -0.142. The molecule has 3 unspecified atom stereocenters. The van der Waals surface area contributed by atoms with Crippen molar-refractivity contribution in [3.63, 3.8) is 0 Å². The lowest BCUT2D eigenvalue weighted by atomic mass is 9.83.